The lowest BCUT2D eigenvalue weighted by Gasteiger charge is -2.02. The van der Waals surface area contributed by atoms with Crippen LogP contribution in [0.2, 0.25) is 0 Å². The summed E-state index contributed by atoms with van der Waals surface area (Å²) in [6.07, 6.45) is 3.59. The van der Waals surface area contributed by atoms with Gasteiger partial charge in [-0.3, -0.25) is 10.1 Å². The largest absolute Gasteiger partial charge is 0.268 e. The van der Waals surface area contributed by atoms with E-state index in [2.05, 4.69) is 21.2 Å². The van der Waals surface area contributed by atoms with Gasteiger partial charge in [0.25, 0.3) is 0 Å². The summed E-state index contributed by atoms with van der Waals surface area (Å²) in [5.74, 6) is 0. The molecule has 82 valence electrons. The number of para-hydroxylation sites is 1. The minimum atomic E-state index is 0.621. The number of fused-ring (bicyclic) bond motifs is 1. The fourth-order valence-corrected chi connectivity index (χ4v) is 1.94. The van der Waals surface area contributed by atoms with E-state index in [0.717, 1.165) is 22.0 Å². The lowest BCUT2D eigenvalue weighted by Crippen LogP contribution is -1.86. The van der Waals surface area contributed by atoms with Crippen LogP contribution in [-0.2, 0) is 0 Å². The molecule has 0 spiro atoms. The van der Waals surface area contributed by atoms with Gasteiger partial charge in [-0.2, -0.15) is 5.10 Å². The van der Waals surface area contributed by atoms with Crippen LogP contribution in [-0.4, -0.2) is 15.2 Å². The molecule has 2 heterocycles. The van der Waals surface area contributed by atoms with Gasteiger partial charge in [0.1, 0.15) is 4.64 Å². The second-order valence-corrected chi connectivity index (χ2v) is 4.19. The van der Waals surface area contributed by atoms with Crippen molar-refractivity contribution in [1.82, 2.24) is 15.2 Å². The van der Waals surface area contributed by atoms with Gasteiger partial charge in [0, 0.05) is 22.7 Å². The molecule has 0 aliphatic rings. The molecule has 3 aromatic rings. The number of nitrogens with one attached hydrogen (secondary N) is 1. The summed E-state index contributed by atoms with van der Waals surface area (Å²) in [6, 6.07) is 12.0. The zero-order valence-corrected chi connectivity index (χ0v) is 9.74. The number of aromatic amines is 1. The van der Waals surface area contributed by atoms with E-state index in [4.69, 9.17) is 12.2 Å². The Bertz CT molecular complexity index is 734. The summed E-state index contributed by atoms with van der Waals surface area (Å²) in [6.45, 7) is 0. The summed E-state index contributed by atoms with van der Waals surface area (Å²) in [5, 5.41) is 7.82. The van der Waals surface area contributed by atoms with Crippen molar-refractivity contribution >= 4 is 23.1 Å². The molecule has 2 aromatic heterocycles. The number of hydrogen-bond donors (Lipinski definition) is 1. The number of benzene rings is 1. The predicted octanol–water partition coefficient (Wildman–Crippen LogP) is 3.35. The van der Waals surface area contributed by atoms with E-state index in [-0.39, 0.29) is 0 Å². The molecule has 0 saturated carbocycles. The van der Waals surface area contributed by atoms with Crippen molar-refractivity contribution in [2.45, 2.75) is 0 Å². The molecule has 0 saturated heterocycles. The molecular formula is C13H9N3S. The Labute approximate surface area is 103 Å². The van der Waals surface area contributed by atoms with E-state index in [1.807, 2.05) is 36.5 Å². The monoisotopic (exact) mass is 239 g/mol. The zero-order valence-electron chi connectivity index (χ0n) is 8.92. The number of nitrogens with zero attached hydrogens (tertiary/aromatic N) is 2. The van der Waals surface area contributed by atoms with Crippen LogP contribution >= 0.6 is 12.2 Å². The first-order valence-electron chi connectivity index (χ1n) is 5.23. The highest BCUT2D eigenvalue weighted by Gasteiger charge is 2.00. The van der Waals surface area contributed by atoms with Gasteiger partial charge < -0.3 is 0 Å². The Morgan fingerprint density at radius 1 is 1.00 bits per heavy atom. The summed E-state index contributed by atoms with van der Waals surface area (Å²) >= 11 is 5.06. The van der Waals surface area contributed by atoms with Crippen LogP contribution in [0.25, 0.3) is 22.0 Å². The predicted molar refractivity (Wildman–Crippen MR) is 70.2 cm³/mol. The molecule has 0 atom stereocenters. The van der Waals surface area contributed by atoms with Crippen molar-refractivity contribution in [3.05, 3.63) is 53.4 Å². The topological polar surface area (TPSA) is 41.6 Å². The lowest BCUT2D eigenvalue weighted by molar-refractivity contribution is 1.02. The fraction of sp³-hybridized carbons (Fsp3) is 0. The number of aromatic nitrogens is 3. The van der Waals surface area contributed by atoms with Crippen molar-refractivity contribution in [3.63, 3.8) is 0 Å². The highest BCUT2D eigenvalue weighted by molar-refractivity contribution is 7.71. The normalized spacial score (nSPS) is 10.6. The SMILES string of the molecule is S=c1cc(-c2cnc3ccccc3c2)cn[nH]1. The fourth-order valence-electron chi connectivity index (χ4n) is 1.76. The molecule has 4 heteroatoms. The van der Waals surface area contributed by atoms with E-state index in [0.29, 0.717) is 4.64 Å². The van der Waals surface area contributed by atoms with Crippen LogP contribution in [0, 0.1) is 4.64 Å². The third-order valence-corrected chi connectivity index (χ3v) is 2.80. The van der Waals surface area contributed by atoms with Crippen molar-refractivity contribution < 1.29 is 0 Å². The molecule has 0 aliphatic carbocycles. The average molecular weight is 239 g/mol. The first kappa shape index (κ1) is 10.1. The van der Waals surface area contributed by atoms with Crippen molar-refractivity contribution in [1.29, 1.82) is 0 Å². The number of rotatable bonds is 1. The van der Waals surface area contributed by atoms with E-state index >= 15 is 0 Å². The highest BCUT2D eigenvalue weighted by Crippen LogP contribution is 2.21. The first-order chi connectivity index (χ1) is 8.33. The first-order valence-corrected chi connectivity index (χ1v) is 5.64. The maximum absolute atomic E-state index is 5.06. The Morgan fingerprint density at radius 3 is 2.71 bits per heavy atom. The second kappa shape index (κ2) is 4.07. The third-order valence-electron chi connectivity index (χ3n) is 2.59. The lowest BCUT2D eigenvalue weighted by atomic mass is 10.1. The van der Waals surface area contributed by atoms with E-state index < -0.39 is 0 Å². The maximum Gasteiger partial charge on any atom is 0.120 e. The molecule has 17 heavy (non-hydrogen) atoms. The van der Waals surface area contributed by atoms with E-state index in [1.165, 1.54) is 0 Å². The standard InChI is InChI=1S/C13H9N3S/c17-13-6-11(8-15-16-13)10-5-9-3-1-2-4-12(9)14-7-10/h1-8H,(H,16,17). The summed E-state index contributed by atoms with van der Waals surface area (Å²) < 4.78 is 0.621. The van der Waals surface area contributed by atoms with Crippen molar-refractivity contribution in [2.24, 2.45) is 0 Å². The summed E-state index contributed by atoms with van der Waals surface area (Å²) in [5.41, 5.74) is 2.99. The van der Waals surface area contributed by atoms with Gasteiger partial charge in [-0.05, 0) is 18.2 Å². The van der Waals surface area contributed by atoms with Gasteiger partial charge in [0.2, 0.25) is 0 Å². The Morgan fingerprint density at radius 2 is 1.82 bits per heavy atom. The minimum absolute atomic E-state index is 0.621. The van der Waals surface area contributed by atoms with Crippen LogP contribution < -0.4 is 0 Å². The average Bonchev–Trinajstić information content (AvgIpc) is 2.38. The van der Waals surface area contributed by atoms with Crippen LogP contribution in [0.3, 0.4) is 0 Å². The molecule has 0 amide bonds. The summed E-state index contributed by atoms with van der Waals surface area (Å²) in [4.78, 5) is 4.42. The van der Waals surface area contributed by atoms with Gasteiger partial charge >= 0.3 is 0 Å². The number of H-pyrrole nitrogens is 1. The van der Waals surface area contributed by atoms with Crippen LogP contribution in [0.4, 0.5) is 0 Å². The smallest absolute Gasteiger partial charge is 0.120 e. The van der Waals surface area contributed by atoms with Crippen molar-refractivity contribution in [2.75, 3.05) is 0 Å². The Hall–Kier alpha value is -2.07. The van der Waals surface area contributed by atoms with Crippen molar-refractivity contribution in [3.8, 4) is 11.1 Å². The van der Waals surface area contributed by atoms with Gasteiger partial charge in [-0.25, -0.2) is 0 Å². The van der Waals surface area contributed by atoms with Gasteiger partial charge in [0.05, 0.1) is 11.7 Å². The van der Waals surface area contributed by atoms with Crippen LogP contribution in [0.1, 0.15) is 0 Å². The molecule has 3 rings (SSSR count). The molecule has 1 N–H and O–H groups in total. The van der Waals surface area contributed by atoms with E-state index in [9.17, 15) is 0 Å². The Balaban J connectivity index is 2.21. The number of pyridine rings is 1. The molecule has 0 fully saturated rings. The van der Waals surface area contributed by atoms with Gasteiger partial charge in [0.15, 0.2) is 0 Å². The molecule has 0 unspecified atom stereocenters. The third kappa shape index (κ3) is 1.94. The molecule has 0 radical (unpaired) electrons. The maximum atomic E-state index is 5.06. The molecular weight excluding hydrogens is 230 g/mol. The van der Waals surface area contributed by atoms with Crippen LogP contribution in [0.15, 0.2) is 48.8 Å². The molecule has 1 aromatic carbocycles. The highest BCUT2D eigenvalue weighted by atomic mass is 32.1. The minimum Gasteiger partial charge on any atom is -0.268 e. The quantitative estimate of drug-likeness (QED) is 0.662. The summed E-state index contributed by atoms with van der Waals surface area (Å²) in [7, 11) is 0. The van der Waals surface area contributed by atoms with Gasteiger partial charge in [-0.1, -0.05) is 30.4 Å². The van der Waals surface area contributed by atoms with Gasteiger partial charge in [-0.15, -0.1) is 0 Å². The molecule has 0 bridgehead atoms. The number of hydrogen-bond acceptors (Lipinski definition) is 3. The van der Waals surface area contributed by atoms with Crippen LogP contribution in [0.5, 0.6) is 0 Å². The molecule has 3 nitrogen and oxygen atoms in total. The molecule has 0 aliphatic heterocycles. The van der Waals surface area contributed by atoms with E-state index in [1.54, 1.807) is 6.20 Å². The zero-order chi connectivity index (χ0) is 11.7. The second-order valence-electron chi connectivity index (χ2n) is 3.75. The Kier molecular flexibility index (Phi) is 2.42.